The van der Waals surface area contributed by atoms with E-state index in [1.807, 2.05) is 4.68 Å². The van der Waals surface area contributed by atoms with Gasteiger partial charge in [-0.15, -0.1) is 5.10 Å². The van der Waals surface area contributed by atoms with Crippen molar-refractivity contribution in [2.75, 3.05) is 11.5 Å². The number of nitrogens with two attached hydrogens (primary N) is 1. The monoisotopic (exact) mass is 266 g/mol. The first-order valence-electron chi connectivity index (χ1n) is 6.25. The summed E-state index contributed by atoms with van der Waals surface area (Å²) < 4.78 is 1.81. The zero-order chi connectivity index (χ0) is 13.0. The highest BCUT2D eigenvalue weighted by atomic mass is 32.2. The minimum Gasteiger partial charge on any atom is -0.382 e. The van der Waals surface area contributed by atoms with Crippen LogP contribution in [-0.4, -0.2) is 30.7 Å². The Morgan fingerprint density at radius 3 is 2.78 bits per heavy atom. The normalized spacial score (nSPS) is 11.2. The Hall–Kier alpha value is -1.37. The van der Waals surface area contributed by atoms with Crippen LogP contribution in [0, 0.1) is 0 Å². The molecule has 0 aliphatic heterocycles. The zero-order valence-electron chi connectivity index (χ0n) is 10.8. The fourth-order valence-electron chi connectivity index (χ4n) is 1.57. The van der Waals surface area contributed by atoms with Crippen molar-refractivity contribution in [1.82, 2.24) is 25.0 Å². The van der Waals surface area contributed by atoms with Gasteiger partial charge in [0.25, 0.3) is 0 Å². The van der Waals surface area contributed by atoms with Crippen molar-refractivity contribution >= 4 is 28.7 Å². The van der Waals surface area contributed by atoms with E-state index < -0.39 is 0 Å². The lowest BCUT2D eigenvalue weighted by Gasteiger charge is -2.03. The predicted octanol–water partition coefficient (Wildman–Crippen LogP) is 2.11. The molecule has 18 heavy (non-hydrogen) atoms. The number of hydrogen-bond acceptors (Lipinski definition) is 6. The number of thioether (sulfide) groups is 1. The Kier molecular flexibility index (Phi) is 4.35. The standard InChI is InChI=1S/C11H18N6S/c1-3-5-6-17-10-8(15-16-17)9(12)13-11(14-10)18-7-4-2/h3-7H2,1-2H3,(H2,12,13,14). The van der Waals surface area contributed by atoms with E-state index in [-0.39, 0.29) is 0 Å². The van der Waals surface area contributed by atoms with E-state index in [0.717, 1.165) is 37.2 Å². The fourth-order valence-corrected chi connectivity index (χ4v) is 2.27. The average Bonchev–Trinajstić information content (AvgIpc) is 2.77. The molecule has 2 heterocycles. The molecule has 98 valence electrons. The van der Waals surface area contributed by atoms with E-state index in [1.54, 1.807) is 11.8 Å². The van der Waals surface area contributed by atoms with Gasteiger partial charge in [0.05, 0.1) is 0 Å². The molecule has 7 heteroatoms. The molecule has 0 saturated carbocycles. The first-order chi connectivity index (χ1) is 8.76. The number of aromatic nitrogens is 5. The Labute approximate surface area is 110 Å². The van der Waals surface area contributed by atoms with E-state index in [0.29, 0.717) is 16.5 Å². The van der Waals surface area contributed by atoms with Gasteiger partial charge in [-0.1, -0.05) is 37.2 Å². The van der Waals surface area contributed by atoms with Crippen LogP contribution in [-0.2, 0) is 6.54 Å². The van der Waals surface area contributed by atoms with Crippen LogP contribution in [0.5, 0.6) is 0 Å². The number of nitrogen functional groups attached to an aromatic ring is 1. The Bertz CT molecular complexity index is 523. The number of unbranched alkanes of at least 4 members (excludes halogenated alkanes) is 1. The zero-order valence-corrected chi connectivity index (χ0v) is 11.6. The molecular weight excluding hydrogens is 248 g/mol. The van der Waals surface area contributed by atoms with Gasteiger partial charge in [-0.25, -0.2) is 14.6 Å². The van der Waals surface area contributed by atoms with Gasteiger partial charge in [0, 0.05) is 12.3 Å². The van der Waals surface area contributed by atoms with Crippen LogP contribution < -0.4 is 5.73 Å². The van der Waals surface area contributed by atoms with Gasteiger partial charge in [-0.3, -0.25) is 0 Å². The SMILES string of the molecule is CCCCn1nnc2c(N)nc(SCCC)nc21. The van der Waals surface area contributed by atoms with Crippen molar-refractivity contribution in [3.63, 3.8) is 0 Å². The van der Waals surface area contributed by atoms with Crippen molar-refractivity contribution in [3.8, 4) is 0 Å². The number of aryl methyl sites for hydroxylation is 1. The van der Waals surface area contributed by atoms with E-state index in [4.69, 9.17) is 5.73 Å². The van der Waals surface area contributed by atoms with Gasteiger partial charge in [-0.05, 0) is 12.8 Å². The molecule has 0 radical (unpaired) electrons. The highest BCUT2D eigenvalue weighted by Crippen LogP contribution is 2.21. The lowest BCUT2D eigenvalue weighted by atomic mass is 10.3. The minimum atomic E-state index is 0.418. The van der Waals surface area contributed by atoms with Gasteiger partial charge in [0.2, 0.25) is 0 Å². The molecule has 0 aliphatic rings. The predicted molar refractivity (Wildman–Crippen MR) is 73.5 cm³/mol. The van der Waals surface area contributed by atoms with E-state index in [9.17, 15) is 0 Å². The Balaban J connectivity index is 2.34. The third-order valence-electron chi connectivity index (χ3n) is 2.53. The third kappa shape index (κ3) is 2.72. The lowest BCUT2D eigenvalue weighted by molar-refractivity contribution is 0.562. The first kappa shape index (κ1) is 13.1. The summed E-state index contributed by atoms with van der Waals surface area (Å²) in [7, 11) is 0. The van der Waals surface area contributed by atoms with Crippen LogP contribution in [0.25, 0.3) is 11.2 Å². The molecule has 2 rings (SSSR count). The molecule has 0 atom stereocenters. The number of rotatable bonds is 6. The third-order valence-corrected chi connectivity index (χ3v) is 3.58. The number of fused-ring (bicyclic) bond motifs is 1. The molecule has 0 bridgehead atoms. The van der Waals surface area contributed by atoms with Crippen molar-refractivity contribution in [1.29, 1.82) is 0 Å². The van der Waals surface area contributed by atoms with Crippen LogP contribution >= 0.6 is 11.8 Å². The van der Waals surface area contributed by atoms with Gasteiger partial charge in [-0.2, -0.15) is 0 Å². The summed E-state index contributed by atoms with van der Waals surface area (Å²) in [5.41, 5.74) is 7.24. The maximum absolute atomic E-state index is 5.89. The summed E-state index contributed by atoms with van der Waals surface area (Å²) in [5.74, 6) is 1.41. The topological polar surface area (TPSA) is 82.5 Å². The van der Waals surface area contributed by atoms with Crippen LogP contribution in [0.1, 0.15) is 33.1 Å². The summed E-state index contributed by atoms with van der Waals surface area (Å²) in [5, 5.41) is 8.85. The molecule has 0 fully saturated rings. The molecule has 0 aromatic carbocycles. The largest absolute Gasteiger partial charge is 0.382 e. The molecule has 0 unspecified atom stereocenters. The molecule has 0 saturated heterocycles. The highest BCUT2D eigenvalue weighted by Gasteiger charge is 2.12. The van der Waals surface area contributed by atoms with E-state index in [1.165, 1.54) is 0 Å². The van der Waals surface area contributed by atoms with Crippen molar-refractivity contribution < 1.29 is 0 Å². The lowest BCUT2D eigenvalue weighted by Crippen LogP contribution is -2.03. The molecule has 2 N–H and O–H groups in total. The Morgan fingerprint density at radius 2 is 2.06 bits per heavy atom. The Morgan fingerprint density at radius 1 is 1.22 bits per heavy atom. The second-order valence-corrected chi connectivity index (χ2v) is 5.14. The van der Waals surface area contributed by atoms with Gasteiger partial charge < -0.3 is 5.73 Å². The maximum Gasteiger partial charge on any atom is 0.191 e. The van der Waals surface area contributed by atoms with Crippen molar-refractivity contribution in [3.05, 3.63) is 0 Å². The summed E-state index contributed by atoms with van der Waals surface area (Å²) in [6.07, 6.45) is 3.25. The second kappa shape index (κ2) is 5.99. The molecule has 0 spiro atoms. The van der Waals surface area contributed by atoms with Gasteiger partial charge in [0.1, 0.15) is 0 Å². The molecule has 0 aliphatic carbocycles. The van der Waals surface area contributed by atoms with E-state index >= 15 is 0 Å². The minimum absolute atomic E-state index is 0.418. The average molecular weight is 266 g/mol. The summed E-state index contributed by atoms with van der Waals surface area (Å²) in [4.78, 5) is 8.74. The fraction of sp³-hybridized carbons (Fsp3) is 0.636. The van der Waals surface area contributed by atoms with Gasteiger partial charge >= 0.3 is 0 Å². The highest BCUT2D eigenvalue weighted by molar-refractivity contribution is 7.99. The molecule has 0 amide bonds. The van der Waals surface area contributed by atoms with Crippen LogP contribution in [0.2, 0.25) is 0 Å². The number of anilines is 1. The van der Waals surface area contributed by atoms with Gasteiger partial charge in [0.15, 0.2) is 22.1 Å². The van der Waals surface area contributed by atoms with Crippen LogP contribution in [0.15, 0.2) is 5.16 Å². The smallest absolute Gasteiger partial charge is 0.191 e. The summed E-state index contributed by atoms with van der Waals surface area (Å²) in [6.45, 7) is 5.09. The molecule has 2 aromatic rings. The quantitative estimate of drug-likeness (QED) is 0.637. The molecule has 2 aromatic heterocycles. The summed E-state index contributed by atoms with van der Waals surface area (Å²) in [6, 6.07) is 0. The summed E-state index contributed by atoms with van der Waals surface area (Å²) >= 11 is 1.61. The molecule has 6 nitrogen and oxygen atoms in total. The molecular formula is C11H18N6S. The number of nitrogens with zero attached hydrogens (tertiary/aromatic N) is 5. The number of hydrogen-bond donors (Lipinski definition) is 1. The van der Waals surface area contributed by atoms with Crippen molar-refractivity contribution in [2.24, 2.45) is 0 Å². The first-order valence-corrected chi connectivity index (χ1v) is 7.24. The van der Waals surface area contributed by atoms with Crippen molar-refractivity contribution in [2.45, 2.75) is 44.8 Å². The maximum atomic E-state index is 5.89. The van der Waals surface area contributed by atoms with E-state index in [2.05, 4.69) is 34.1 Å². The van der Waals surface area contributed by atoms with Crippen LogP contribution in [0.4, 0.5) is 5.82 Å². The van der Waals surface area contributed by atoms with Crippen LogP contribution in [0.3, 0.4) is 0 Å². The second-order valence-electron chi connectivity index (χ2n) is 4.08.